The molecule has 2 unspecified atom stereocenters. The molecule has 4 N–H and O–H groups in total. The maximum absolute atomic E-state index is 9.86. The van der Waals surface area contributed by atoms with Crippen LogP contribution < -0.4 is 5.73 Å². The number of nitrogen functional groups attached to an aromatic ring is 1. The highest BCUT2D eigenvalue weighted by molar-refractivity contribution is 5.42. The van der Waals surface area contributed by atoms with Crippen molar-refractivity contribution in [2.24, 2.45) is 0 Å². The summed E-state index contributed by atoms with van der Waals surface area (Å²) in [6.45, 7) is 3.82. The first-order valence-corrected chi connectivity index (χ1v) is 5.14. The fourth-order valence-electron chi connectivity index (χ4n) is 1.50. The molecule has 84 valence electrons. The second-order valence-corrected chi connectivity index (χ2v) is 3.79. The number of nitrogens with two attached hydrogens (primary N) is 1. The van der Waals surface area contributed by atoms with Crippen LogP contribution in [0.3, 0.4) is 0 Å². The molecule has 0 aliphatic carbocycles. The molecule has 0 radical (unpaired) electrons. The Morgan fingerprint density at radius 2 is 2.13 bits per heavy atom. The van der Waals surface area contributed by atoms with Crippen molar-refractivity contribution in [1.29, 1.82) is 0 Å². The Balaban J connectivity index is 2.89. The Morgan fingerprint density at radius 1 is 1.47 bits per heavy atom. The van der Waals surface area contributed by atoms with E-state index in [2.05, 4.69) is 4.98 Å². The molecule has 4 nitrogen and oxygen atoms in total. The monoisotopic (exact) mass is 210 g/mol. The number of aliphatic hydroxyl groups is 2. The van der Waals surface area contributed by atoms with Crippen LogP contribution >= 0.6 is 0 Å². The lowest BCUT2D eigenvalue weighted by molar-refractivity contribution is 0.0133. The van der Waals surface area contributed by atoms with Crippen LogP contribution in [0.15, 0.2) is 12.3 Å². The van der Waals surface area contributed by atoms with Crippen molar-refractivity contribution in [3.05, 3.63) is 23.4 Å². The zero-order chi connectivity index (χ0) is 11.4. The number of aryl methyl sites for hydroxylation is 1. The van der Waals surface area contributed by atoms with E-state index in [0.29, 0.717) is 12.0 Å². The molecule has 1 rings (SSSR count). The third-order valence-electron chi connectivity index (χ3n) is 2.35. The van der Waals surface area contributed by atoms with Crippen LogP contribution in [-0.2, 0) is 0 Å². The minimum atomic E-state index is -0.947. The summed E-state index contributed by atoms with van der Waals surface area (Å²) in [5.74, 6) is 0.281. The Hall–Kier alpha value is -1.13. The van der Waals surface area contributed by atoms with Crippen LogP contribution in [0.2, 0.25) is 0 Å². The van der Waals surface area contributed by atoms with E-state index in [1.54, 1.807) is 12.3 Å². The molecule has 0 aromatic carbocycles. The zero-order valence-electron chi connectivity index (χ0n) is 9.14. The molecule has 0 amide bonds. The molecule has 1 aromatic heterocycles. The van der Waals surface area contributed by atoms with Crippen molar-refractivity contribution in [3.8, 4) is 0 Å². The van der Waals surface area contributed by atoms with Crippen molar-refractivity contribution in [2.75, 3.05) is 5.73 Å². The molecule has 0 aliphatic rings. The van der Waals surface area contributed by atoms with E-state index in [4.69, 9.17) is 5.73 Å². The van der Waals surface area contributed by atoms with Gasteiger partial charge in [-0.05, 0) is 25.0 Å². The highest BCUT2D eigenvalue weighted by Crippen LogP contribution is 2.24. The lowest BCUT2D eigenvalue weighted by Gasteiger charge is -2.18. The molecular weight excluding hydrogens is 192 g/mol. The van der Waals surface area contributed by atoms with Crippen molar-refractivity contribution in [1.82, 2.24) is 4.98 Å². The molecule has 0 bridgehead atoms. The maximum Gasteiger partial charge on any atom is 0.129 e. The van der Waals surface area contributed by atoms with Gasteiger partial charge >= 0.3 is 0 Å². The lowest BCUT2D eigenvalue weighted by atomic mass is 10.0. The van der Waals surface area contributed by atoms with Gasteiger partial charge in [-0.15, -0.1) is 0 Å². The highest BCUT2D eigenvalue weighted by atomic mass is 16.3. The third-order valence-corrected chi connectivity index (χ3v) is 2.35. The summed E-state index contributed by atoms with van der Waals surface area (Å²) in [6, 6.07) is 1.76. The summed E-state index contributed by atoms with van der Waals surface area (Å²) in [5, 5.41) is 19.5. The van der Waals surface area contributed by atoms with Crippen LogP contribution in [0.5, 0.6) is 0 Å². The predicted octanol–water partition coefficient (Wildman–Crippen LogP) is 1.17. The van der Waals surface area contributed by atoms with Gasteiger partial charge in [-0.3, -0.25) is 0 Å². The number of pyridine rings is 1. The van der Waals surface area contributed by atoms with Crippen LogP contribution in [0, 0.1) is 6.92 Å². The van der Waals surface area contributed by atoms with Crippen LogP contribution in [0.4, 0.5) is 5.82 Å². The fourth-order valence-corrected chi connectivity index (χ4v) is 1.50. The standard InChI is InChI=1S/C11H18N2O2/c1-3-4-9(14)10(15)8-5-7(2)6-13-11(8)12/h5-6,9-10,14-15H,3-4H2,1-2H3,(H2,12,13). The average Bonchev–Trinajstić information content (AvgIpc) is 2.21. The summed E-state index contributed by atoms with van der Waals surface area (Å²) in [5.41, 5.74) is 7.07. The average molecular weight is 210 g/mol. The Labute approximate surface area is 89.8 Å². The number of rotatable bonds is 4. The van der Waals surface area contributed by atoms with Gasteiger partial charge in [0.15, 0.2) is 0 Å². The van der Waals surface area contributed by atoms with Gasteiger partial charge in [-0.1, -0.05) is 13.3 Å². The number of hydrogen-bond donors (Lipinski definition) is 3. The van der Waals surface area contributed by atoms with Gasteiger partial charge in [0.2, 0.25) is 0 Å². The van der Waals surface area contributed by atoms with Crippen LogP contribution in [0.1, 0.15) is 37.0 Å². The number of aliphatic hydroxyl groups excluding tert-OH is 2. The largest absolute Gasteiger partial charge is 0.390 e. The van der Waals surface area contributed by atoms with E-state index < -0.39 is 12.2 Å². The minimum Gasteiger partial charge on any atom is -0.390 e. The summed E-state index contributed by atoms with van der Waals surface area (Å²) in [6.07, 6.45) is 1.28. The molecule has 0 saturated carbocycles. The Bertz CT molecular complexity index is 328. The van der Waals surface area contributed by atoms with E-state index in [1.807, 2.05) is 13.8 Å². The molecule has 1 aromatic rings. The molecule has 0 fully saturated rings. The van der Waals surface area contributed by atoms with E-state index in [0.717, 1.165) is 12.0 Å². The Kier molecular flexibility index (Phi) is 4.05. The second-order valence-electron chi connectivity index (χ2n) is 3.79. The molecular formula is C11H18N2O2. The Morgan fingerprint density at radius 3 is 2.73 bits per heavy atom. The SMILES string of the molecule is CCCC(O)C(O)c1cc(C)cnc1N. The van der Waals surface area contributed by atoms with Crippen molar-refractivity contribution in [3.63, 3.8) is 0 Å². The second kappa shape index (κ2) is 5.09. The molecule has 0 aliphatic heterocycles. The highest BCUT2D eigenvalue weighted by Gasteiger charge is 2.20. The van der Waals surface area contributed by atoms with Crippen molar-refractivity contribution in [2.45, 2.75) is 38.9 Å². The van der Waals surface area contributed by atoms with E-state index in [1.165, 1.54) is 0 Å². The van der Waals surface area contributed by atoms with Gasteiger partial charge < -0.3 is 15.9 Å². The molecule has 15 heavy (non-hydrogen) atoms. The third kappa shape index (κ3) is 2.91. The molecule has 0 spiro atoms. The quantitative estimate of drug-likeness (QED) is 0.697. The zero-order valence-corrected chi connectivity index (χ0v) is 9.14. The van der Waals surface area contributed by atoms with E-state index >= 15 is 0 Å². The summed E-state index contributed by atoms with van der Waals surface area (Å²) in [4.78, 5) is 3.95. The summed E-state index contributed by atoms with van der Waals surface area (Å²) >= 11 is 0. The smallest absolute Gasteiger partial charge is 0.129 e. The van der Waals surface area contributed by atoms with Crippen molar-refractivity contribution >= 4 is 5.82 Å². The number of aromatic nitrogens is 1. The lowest BCUT2D eigenvalue weighted by Crippen LogP contribution is -2.19. The number of anilines is 1. The fraction of sp³-hybridized carbons (Fsp3) is 0.545. The van der Waals surface area contributed by atoms with Gasteiger partial charge in [-0.2, -0.15) is 0 Å². The van der Waals surface area contributed by atoms with E-state index in [-0.39, 0.29) is 5.82 Å². The van der Waals surface area contributed by atoms with Crippen LogP contribution in [-0.4, -0.2) is 21.3 Å². The topological polar surface area (TPSA) is 79.4 Å². The first kappa shape index (κ1) is 11.9. The first-order valence-electron chi connectivity index (χ1n) is 5.14. The summed E-state index contributed by atoms with van der Waals surface area (Å²) in [7, 11) is 0. The molecule has 1 heterocycles. The van der Waals surface area contributed by atoms with Gasteiger partial charge in [0, 0.05) is 11.8 Å². The van der Waals surface area contributed by atoms with Gasteiger partial charge in [0.05, 0.1) is 6.10 Å². The molecule has 0 saturated heterocycles. The first-order chi connectivity index (χ1) is 7.06. The number of hydrogen-bond acceptors (Lipinski definition) is 4. The predicted molar refractivity (Wildman–Crippen MR) is 59.3 cm³/mol. The molecule has 4 heteroatoms. The number of nitrogens with zero attached hydrogens (tertiary/aromatic N) is 1. The molecule has 2 atom stereocenters. The maximum atomic E-state index is 9.86. The minimum absolute atomic E-state index is 0.281. The van der Waals surface area contributed by atoms with Gasteiger partial charge in [0.1, 0.15) is 11.9 Å². The summed E-state index contributed by atoms with van der Waals surface area (Å²) < 4.78 is 0. The van der Waals surface area contributed by atoms with Gasteiger partial charge in [-0.25, -0.2) is 4.98 Å². The van der Waals surface area contributed by atoms with Gasteiger partial charge in [0.25, 0.3) is 0 Å². The van der Waals surface area contributed by atoms with E-state index in [9.17, 15) is 10.2 Å². The van der Waals surface area contributed by atoms with Crippen molar-refractivity contribution < 1.29 is 10.2 Å². The van der Waals surface area contributed by atoms with Crippen LogP contribution in [0.25, 0.3) is 0 Å². The normalized spacial score (nSPS) is 14.9.